The van der Waals surface area contributed by atoms with E-state index in [2.05, 4.69) is 25.5 Å². The second-order valence-electron chi connectivity index (χ2n) is 8.47. The van der Waals surface area contributed by atoms with E-state index < -0.39 is 0 Å². The van der Waals surface area contributed by atoms with E-state index in [0.29, 0.717) is 23.1 Å². The molecule has 9 nitrogen and oxygen atoms in total. The Labute approximate surface area is 209 Å². The lowest BCUT2D eigenvalue weighted by Gasteiger charge is -2.25. The van der Waals surface area contributed by atoms with Crippen LogP contribution in [-0.4, -0.2) is 58.0 Å². The van der Waals surface area contributed by atoms with Crippen molar-refractivity contribution in [2.45, 2.75) is 6.92 Å². The van der Waals surface area contributed by atoms with Gasteiger partial charge in [-0.1, -0.05) is 30.3 Å². The van der Waals surface area contributed by atoms with Gasteiger partial charge in [-0.05, 0) is 30.7 Å². The van der Waals surface area contributed by atoms with Crippen LogP contribution >= 0.6 is 0 Å². The molecular formula is C27H28N6O3. The first-order valence-corrected chi connectivity index (χ1v) is 11.8. The van der Waals surface area contributed by atoms with Crippen molar-refractivity contribution in [3.8, 4) is 11.6 Å². The highest BCUT2D eigenvalue weighted by molar-refractivity contribution is 5.99. The van der Waals surface area contributed by atoms with Gasteiger partial charge in [-0.25, -0.2) is 9.97 Å². The van der Waals surface area contributed by atoms with Crippen molar-refractivity contribution in [2.24, 2.45) is 0 Å². The average Bonchev–Trinajstić information content (AvgIpc) is 3.39. The standard InChI is InChI=1S/C27H28N6O3/c1-20-6-2-3-9-23(20)31-27-24-17-28-19-33(24)26(18-29-27)36-22-8-4-7-21(16-22)30-25(34)10-5-11-32-12-14-35-15-13-32/h2-10,16-19H,11-15H2,1H3,(H,29,31)(H,30,34)/b10-5+. The molecule has 36 heavy (non-hydrogen) atoms. The Morgan fingerprint density at radius 1 is 1.14 bits per heavy atom. The van der Waals surface area contributed by atoms with Gasteiger partial charge in [0.1, 0.15) is 17.6 Å². The third-order valence-electron chi connectivity index (χ3n) is 5.88. The van der Waals surface area contributed by atoms with Gasteiger partial charge < -0.3 is 20.1 Å². The number of nitrogens with one attached hydrogen (secondary N) is 2. The minimum Gasteiger partial charge on any atom is -0.439 e. The van der Waals surface area contributed by atoms with Crippen molar-refractivity contribution in [1.29, 1.82) is 0 Å². The second kappa shape index (κ2) is 11.0. The van der Waals surface area contributed by atoms with Crippen molar-refractivity contribution in [3.05, 3.63) is 85.0 Å². The van der Waals surface area contributed by atoms with Crippen LogP contribution in [0.5, 0.6) is 11.6 Å². The number of carbonyl (C=O) groups excluding carboxylic acids is 1. The molecule has 9 heteroatoms. The molecule has 1 saturated heterocycles. The summed E-state index contributed by atoms with van der Waals surface area (Å²) in [7, 11) is 0. The summed E-state index contributed by atoms with van der Waals surface area (Å²) in [4.78, 5) is 23.5. The van der Waals surface area contributed by atoms with Crippen LogP contribution in [0, 0.1) is 6.92 Å². The quantitative estimate of drug-likeness (QED) is 0.358. The molecule has 184 valence electrons. The number of rotatable bonds is 8. The predicted octanol–water partition coefficient (Wildman–Crippen LogP) is 4.40. The monoisotopic (exact) mass is 484 g/mol. The third-order valence-corrected chi connectivity index (χ3v) is 5.88. The zero-order chi connectivity index (χ0) is 24.7. The van der Waals surface area contributed by atoms with Gasteiger partial charge in [0.25, 0.3) is 0 Å². The molecule has 5 rings (SSSR count). The SMILES string of the molecule is Cc1ccccc1Nc1ncc(Oc2cccc(NC(=O)/C=C/CN3CCOCC3)c2)n2cncc12. The topological polar surface area (TPSA) is 93.0 Å². The smallest absolute Gasteiger partial charge is 0.248 e. The summed E-state index contributed by atoms with van der Waals surface area (Å²) in [6, 6.07) is 15.3. The molecule has 2 aromatic carbocycles. The molecule has 2 N–H and O–H groups in total. The number of aryl methyl sites for hydroxylation is 1. The van der Waals surface area contributed by atoms with Crippen LogP contribution < -0.4 is 15.4 Å². The van der Waals surface area contributed by atoms with Gasteiger partial charge in [0, 0.05) is 43.2 Å². The first kappa shape index (κ1) is 23.5. The van der Waals surface area contributed by atoms with Gasteiger partial charge in [-0.15, -0.1) is 0 Å². The lowest BCUT2D eigenvalue weighted by atomic mass is 10.2. The number of amides is 1. The van der Waals surface area contributed by atoms with Gasteiger partial charge in [0.2, 0.25) is 11.8 Å². The molecule has 2 aromatic heterocycles. The normalized spacial score (nSPS) is 14.2. The maximum atomic E-state index is 12.4. The molecule has 0 spiro atoms. The van der Waals surface area contributed by atoms with Crippen molar-refractivity contribution >= 4 is 28.6 Å². The lowest BCUT2D eigenvalue weighted by molar-refractivity contribution is -0.111. The van der Waals surface area contributed by atoms with Gasteiger partial charge in [-0.2, -0.15) is 0 Å². The number of morpholine rings is 1. The zero-order valence-electron chi connectivity index (χ0n) is 20.1. The summed E-state index contributed by atoms with van der Waals surface area (Å²) in [6.07, 6.45) is 8.49. The van der Waals surface area contributed by atoms with E-state index in [0.717, 1.165) is 49.6 Å². The molecule has 1 aliphatic heterocycles. The second-order valence-corrected chi connectivity index (χ2v) is 8.47. The van der Waals surface area contributed by atoms with Crippen LogP contribution in [0.1, 0.15) is 5.56 Å². The van der Waals surface area contributed by atoms with Crippen molar-refractivity contribution in [2.75, 3.05) is 43.5 Å². The van der Waals surface area contributed by atoms with E-state index >= 15 is 0 Å². The largest absolute Gasteiger partial charge is 0.439 e. The molecule has 3 heterocycles. The first-order chi connectivity index (χ1) is 17.7. The van der Waals surface area contributed by atoms with Crippen LogP contribution in [0.3, 0.4) is 0 Å². The van der Waals surface area contributed by atoms with Crippen LogP contribution in [-0.2, 0) is 9.53 Å². The molecule has 4 aromatic rings. The van der Waals surface area contributed by atoms with Crippen LogP contribution in [0.25, 0.3) is 5.52 Å². The highest BCUT2D eigenvalue weighted by Gasteiger charge is 2.12. The number of carbonyl (C=O) groups is 1. The van der Waals surface area contributed by atoms with Crippen molar-refractivity contribution < 1.29 is 14.3 Å². The van der Waals surface area contributed by atoms with Gasteiger partial charge >= 0.3 is 0 Å². The lowest BCUT2D eigenvalue weighted by Crippen LogP contribution is -2.36. The van der Waals surface area contributed by atoms with Gasteiger partial charge in [0.15, 0.2) is 5.82 Å². The Balaban J connectivity index is 1.25. The number of hydrogen-bond acceptors (Lipinski definition) is 7. The fraction of sp³-hybridized carbons (Fsp3) is 0.222. The van der Waals surface area contributed by atoms with E-state index in [-0.39, 0.29) is 5.91 Å². The summed E-state index contributed by atoms with van der Waals surface area (Å²) in [5.74, 6) is 1.57. The summed E-state index contributed by atoms with van der Waals surface area (Å²) >= 11 is 0. The third kappa shape index (κ3) is 5.70. The molecule has 1 fully saturated rings. The van der Waals surface area contributed by atoms with Crippen LogP contribution in [0.4, 0.5) is 17.2 Å². The highest BCUT2D eigenvalue weighted by atomic mass is 16.5. The van der Waals surface area contributed by atoms with E-state index in [1.807, 2.05) is 59.9 Å². The number of nitrogens with zero attached hydrogens (tertiary/aromatic N) is 4. The summed E-state index contributed by atoms with van der Waals surface area (Å²) in [6.45, 7) is 6.00. The Hall–Kier alpha value is -4.21. The van der Waals surface area contributed by atoms with Gasteiger partial charge in [0.05, 0.1) is 25.6 Å². The predicted molar refractivity (Wildman–Crippen MR) is 139 cm³/mol. The summed E-state index contributed by atoms with van der Waals surface area (Å²) in [5, 5.41) is 6.26. The van der Waals surface area contributed by atoms with E-state index in [1.165, 1.54) is 0 Å². The molecule has 1 amide bonds. The summed E-state index contributed by atoms with van der Waals surface area (Å²) in [5.41, 5.74) is 3.52. The maximum absolute atomic E-state index is 12.4. The fourth-order valence-corrected chi connectivity index (χ4v) is 3.94. The molecule has 0 saturated carbocycles. The summed E-state index contributed by atoms with van der Waals surface area (Å²) < 4.78 is 13.3. The van der Waals surface area contributed by atoms with E-state index in [1.54, 1.807) is 30.9 Å². The highest BCUT2D eigenvalue weighted by Crippen LogP contribution is 2.28. The molecule has 0 bridgehead atoms. The molecule has 1 aliphatic rings. The number of aromatic nitrogens is 3. The minimum absolute atomic E-state index is 0.189. The number of fused-ring (bicyclic) bond motifs is 1. The number of ether oxygens (including phenoxy) is 2. The van der Waals surface area contributed by atoms with E-state index in [9.17, 15) is 4.79 Å². The molecular weight excluding hydrogens is 456 g/mol. The van der Waals surface area contributed by atoms with E-state index in [4.69, 9.17) is 9.47 Å². The Morgan fingerprint density at radius 2 is 2.00 bits per heavy atom. The molecule has 0 aliphatic carbocycles. The average molecular weight is 485 g/mol. The minimum atomic E-state index is -0.189. The Kier molecular flexibility index (Phi) is 7.20. The fourth-order valence-electron chi connectivity index (χ4n) is 3.94. The Morgan fingerprint density at radius 3 is 2.86 bits per heavy atom. The number of hydrogen-bond donors (Lipinski definition) is 2. The van der Waals surface area contributed by atoms with Crippen molar-refractivity contribution in [3.63, 3.8) is 0 Å². The number of benzene rings is 2. The number of anilines is 3. The Bertz CT molecular complexity index is 1380. The van der Waals surface area contributed by atoms with Crippen LogP contribution in [0.15, 0.2) is 79.4 Å². The van der Waals surface area contributed by atoms with Gasteiger partial charge in [-0.3, -0.25) is 14.1 Å². The molecule has 0 unspecified atom stereocenters. The molecule has 0 atom stereocenters. The molecule has 0 radical (unpaired) electrons. The number of imidazole rings is 1. The zero-order valence-corrected chi connectivity index (χ0v) is 20.1. The maximum Gasteiger partial charge on any atom is 0.248 e. The van der Waals surface area contributed by atoms with Crippen molar-refractivity contribution in [1.82, 2.24) is 19.3 Å². The first-order valence-electron chi connectivity index (χ1n) is 11.8. The van der Waals surface area contributed by atoms with Crippen LogP contribution in [0.2, 0.25) is 0 Å². The number of para-hydroxylation sites is 1.